The van der Waals surface area contributed by atoms with E-state index >= 15 is 0 Å². The SMILES string of the molecule is N=C(C=C(N)C(F)(F)F)C(=O)N(CCC1CCOCC1)Cc1ccccc1F. The Morgan fingerprint density at radius 3 is 2.54 bits per heavy atom. The molecule has 0 saturated carbocycles. The molecule has 1 aliphatic rings. The quantitative estimate of drug-likeness (QED) is 0.543. The molecule has 0 bridgehead atoms. The largest absolute Gasteiger partial charge is 0.430 e. The van der Waals surface area contributed by atoms with Crippen LogP contribution >= 0.6 is 0 Å². The number of alkyl halides is 3. The van der Waals surface area contributed by atoms with Gasteiger partial charge in [0.15, 0.2) is 0 Å². The van der Waals surface area contributed by atoms with Crippen LogP contribution in [-0.4, -0.2) is 42.5 Å². The molecule has 1 heterocycles. The van der Waals surface area contributed by atoms with E-state index in [2.05, 4.69) is 0 Å². The van der Waals surface area contributed by atoms with Crippen molar-refractivity contribution >= 4 is 11.6 Å². The fourth-order valence-electron chi connectivity index (χ4n) is 2.93. The molecule has 1 fully saturated rings. The van der Waals surface area contributed by atoms with Crippen molar-refractivity contribution < 1.29 is 27.1 Å². The number of nitrogens with zero attached hydrogens (tertiary/aromatic N) is 1. The molecule has 0 spiro atoms. The molecule has 5 nitrogen and oxygen atoms in total. The highest BCUT2D eigenvalue weighted by Gasteiger charge is 2.32. The summed E-state index contributed by atoms with van der Waals surface area (Å²) in [7, 11) is 0. The van der Waals surface area contributed by atoms with Gasteiger partial charge in [-0.1, -0.05) is 18.2 Å². The number of amides is 1. The molecule has 0 radical (unpaired) electrons. The van der Waals surface area contributed by atoms with Crippen LogP contribution in [0.4, 0.5) is 17.6 Å². The Balaban J connectivity index is 2.14. The highest BCUT2D eigenvalue weighted by atomic mass is 19.4. The van der Waals surface area contributed by atoms with E-state index < -0.39 is 29.3 Å². The van der Waals surface area contributed by atoms with Crippen molar-refractivity contribution in [2.24, 2.45) is 11.7 Å². The first-order valence-electron chi connectivity index (χ1n) is 8.92. The Hall–Kier alpha value is -2.42. The summed E-state index contributed by atoms with van der Waals surface area (Å²) in [6, 6.07) is 5.84. The van der Waals surface area contributed by atoms with E-state index in [4.69, 9.17) is 15.9 Å². The molecule has 1 amide bonds. The molecule has 0 atom stereocenters. The van der Waals surface area contributed by atoms with Crippen molar-refractivity contribution in [3.63, 3.8) is 0 Å². The monoisotopic (exact) mass is 401 g/mol. The highest BCUT2D eigenvalue weighted by molar-refractivity contribution is 6.42. The van der Waals surface area contributed by atoms with E-state index in [1.165, 1.54) is 23.1 Å². The lowest BCUT2D eigenvalue weighted by molar-refractivity contribution is -0.125. The zero-order valence-corrected chi connectivity index (χ0v) is 15.3. The van der Waals surface area contributed by atoms with Gasteiger partial charge in [-0.05, 0) is 37.3 Å². The smallest absolute Gasteiger partial charge is 0.395 e. The van der Waals surface area contributed by atoms with Crippen LogP contribution in [0.1, 0.15) is 24.8 Å². The molecule has 1 aromatic rings. The Morgan fingerprint density at radius 2 is 1.93 bits per heavy atom. The van der Waals surface area contributed by atoms with Crippen molar-refractivity contribution in [2.45, 2.75) is 32.0 Å². The van der Waals surface area contributed by atoms with Gasteiger partial charge in [-0.25, -0.2) is 4.39 Å². The van der Waals surface area contributed by atoms with Crippen LogP contribution in [0.25, 0.3) is 0 Å². The second-order valence-corrected chi connectivity index (χ2v) is 6.67. The van der Waals surface area contributed by atoms with Crippen molar-refractivity contribution in [3.8, 4) is 0 Å². The Bertz CT molecular complexity index is 728. The summed E-state index contributed by atoms with van der Waals surface area (Å²) >= 11 is 0. The van der Waals surface area contributed by atoms with Crippen LogP contribution in [0.2, 0.25) is 0 Å². The second kappa shape index (κ2) is 9.68. The number of hydrogen-bond acceptors (Lipinski definition) is 4. The molecule has 0 aromatic heterocycles. The van der Waals surface area contributed by atoms with Crippen molar-refractivity contribution in [3.05, 3.63) is 47.4 Å². The molecule has 0 aliphatic carbocycles. The minimum Gasteiger partial charge on any atom is -0.395 e. The minimum atomic E-state index is -4.83. The molecular formula is C19H23F4N3O2. The summed E-state index contributed by atoms with van der Waals surface area (Å²) in [4.78, 5) is 13.8. The zero-order chi connectivity index (χ0) is 20.7. The van der Waals surface area contributed by atoms with Gasteiger partial charge in [-0.15, -0.1) is 0 Å². The van der Waals surface area contributed by atoms with Gasteiger partial charge in [0.1, 0.15) is 17.2 Å². The Labute approximate surface area is 160 Å². The maximum atomic E-state index is 14.0. The van der Waals surface area contributed by atoms with Crippen molar-refractivity contribution in [1.82, 2.24) is 4.90 Å². The lowest BCUT2D eigenvalue weighted by atomic mass is 9.96. The predicted octanol–water partition coefficient (Wildman–Crippen LogP) is 3.40. The van der Waals surface area contributed by atoms with Crippen LogP contribution < -0.4 is 5.73 Å². The van der Waals surface area contributed by atoms with Gasteiger partial charge in [0.05, 0.1) is 0 Å². The van der Waals surface area contributed by atoms with E-state index in [9.17, 15) is 22.4 Å². The standard InChI is InChI=1S/C19H23F4N3O2/c20-15-4-2-1-3-14(15)12-26(8-5-13-6-9-28-10-7-13)18(27)16(24)11-17(25)19(21,22)23/h1-4,11,13,24H,5-10,12,25H2. The molecule has 0 unspecified atom stereocenters. The average molecular weight is 401 g/mol. The Kier molecular flexibility index (Phi) is 7.56. The number of rotatable bonds is 7. The number of halogens is 4. The summed E-state index contributed by atoms with van der Waals surface area (Å²) in [5.74, 6) is -1.15. The van der Waals surface area contributed by atoms with Gasteiger partial charge in [-0.2, -0.15) is 13.2 Å². The van der Waals surface area contributed by atoms with Gasteiger partial charge in [0, 0.05) is 31.9 Å². The first-order chi connectivity index (χ1) is 13.2. The number of nitrogens with one attached hydrogen (secondary N) is 1. The van der Waals surface area contributed by atoms with Crippen molar-refractivity contribution in [2.75, 3.05) is 19.8 Å². The Morgan fingerprint density at radius 1 is 1.29 bits per heavy atom. The minimum absolute atomic E-state index is 0.142. The summed E-state index contributed by atoms with van der Waals surface area (Å²) in [5, 5.41) is 7.72. The predicted molar refractivity (Wildman–Crippen MR) is 96.0 cm³/mol. The molecule has 1 aliphatic heterocycles. The first kappa shape index (κ1) is 21.9. The average Bonchev–Trinajstić information content (AvgIpc) is 2.66. The maximum absolute atomic E-state index is 14.0. The van der Waals surface area contributed by atoms with E-state index in [1.807, 2.05) is 0 Å². The van der Waals surface area contributed by atoms with Crippen molar-refractivity contribution in [1.29, 1.82) is 5.41 Å². The number of nitrogens with two attached hydrogens (primary N) is 1. The molecule has 154 valence electrons. The summed E-state index contributed by atoms with van der Waals surface area (Å²) < 4.78 is 57.0. The second-order valence-electron chi connectivity index (χ2n) is 6.67. The number of allylic oxidation sites excluding steroid dienone is 1. The molecule has 1 saturated heterocycles. The topological polar surface area (TPSA) is 79.4 Å². The fourth-order valence-corrected chi connectivity index (χ4v) is 2.93. The molecule has 2 rings (SSSR count). The highest BCUT2D eigenvalue weighted by Crippen LogP contribution is 2.22. The van der Waals surface area contributed by atoms with Crippen LogP contribution in [0, 0.1) is 17.1 Å². The normalized spacial score (nSPS) is 16.1. The number of ether oxygens (including phenoxy) is 1. The number of carbonyl (C=O) groups excluding carboxylic acids is 1. The molecule has 1 aromatic carbocycles. The third-order valence-corrected chi connectivity index (χ3v) is 4.61. The first-order valence-corrected chi connectivity index (χ1v) is 8.92. The van der Waals surface area contributed by atoms with E-state index in [0.717, 1.165) is 12.8 Å². The maximum Gasteiger partial charge on any atom is 0.430 e. The third-order valence-electron chi connectivity index (χ3n) is 4.61. The molecule has 9 heteroatoms. The van der Waals surface area contributed by atoms with Gasteiger partial charge in [0.2, 0.25) is 0 Å². The lowest BCUT2D eigenvalue weighted by Gasteiger charge is -2.27. The van der Waals surface area contributed by atoms with Gasteiger partial charge in [0.25, 0.3) is 5.91 Å². The summed E-state index contributed by atoms with van der Waals surface area (Å²) in [5.41, 5.74) is 2.72. The zero-order valence-electron chi connectivity index (χ0n) is 15.3. The molecular weight excluding hydrogens is 378 g/mol. The van der Waals surface area contributed by atoms with Gasteiger partial charge < -0.3 is 15.4 Å². The van der Waals surface area contributed by atoms with Crippen LogP contribution in [0.5, 0.6) is 0 Å². The third kappa shape index (κ3) is 6.33. The fraction of sp³-hybridized carbons (Fsp3) is 0.474. The van der Waals surface area contributed by atoms with E-state index in [0.29, 0.717) is 31.6 Å². The summed E-state index contributed by atoms with van der Waals surface area (Å²) in [6.45, 7) is 1.29. The van der Waals surface area contributed by atoms with Gasteiger partial charge in [-0.3, -0.25) is 10.2 Å². The number of carbonyl (C=O) groups is 1. The van der Waals surface area contributed by atoms with Crippen LogP contribution in [0.3, 0.4) is 0 Å². The number of benzene rings is 1. The molecule has 28 heavy (non-hydrogen) atoms. The van der Waals surface area contributed by atoms with E-state index in [1.54, 1.807) is 6.07 Å². The number of hydrogen-bond donors (Lipinski definition) is 2. The lowest BCUT2D eigenvalue weighted by Crippen LogP contribution is -2.38. The van der Waals surface area contributed by atoms with Crippen LogP contribution in [0.15, 0.2) is 36.0 Å². The van der Waals surface area contributed by atoms with Crippen LogP contribution in [-0.2, 0) is 16.1 Å². The molecule has 3 N–H and O–H groups in total. The van der Waals surface area contributed by atoms with Gasteiger partial charge >= 0.3 is 6.18 Å². The van der Waals surface area contributed by atoms with E-state index in [-0.39, 0.29) is 18.7 Å². The summed E-state index contributed by atoms with van der Waals surface area (Å²) in [6.07, 6.45) is -2.30.